The first-order valence-electron chi connectivity index (χ1n) is 8.00. The highest BCUT2D eigenvalue weighted by molar-refractivity contribution is 6.08. The SMILES string of the molecule is BCCc1ccc(CC2CN(CC(N)C(=C)N)C2)c(C)c1. The molecule has 1 saturated heterocycles. The van der Waals surface area contributed by atoms with Crippen molar-refractivity contribution >= 4 is 7.85 Å². The molecule has 1 atom stereocenters. The van der Waals surface area contributed by atoms with Gasteiger partial charge in [-0.25, -0.2) is 0 Å². The molecule has 0 bridgehead atoms. The van der Waals surface area contributed by atoms with Gasteiger partial charge in [-0.05, 0) is 42.4 Å². The normalized spacial score (nSPS) is 17.4. The number of hydrogen-bond donors (Lipinski definition) is 2. The minimum absolute atomic E-state index is 0.0963. The second-order valence-corrected chi connectivity index (χ2v) is 6.48. The highest BCUT2D eigenvalue weighted by Gasteiger charge is 2.28. The van der Waals surface area contributed by atoms with Crippen LogP contribution >= 0.6 is 0 Å². The van der Waals surface area contributed by atoms with Crippen LogP contribution in [0.5, 0.6) is 0 Å². The summed E-state index contributed by atoms with van der Waals surface area (Å²) >= 11 is 0. The predicted molar refractivity (Wildman–Crippen MR) is 93.2 cm³/mol. The van der Waals surface area contributed by atoms with E-state index in [9.17, 15) is 0 Å². The maximum atomic E-state index is 5.93. The molecule has 1 aromatic carbocycles. The molecule has 0 aromatic heterocycles. The molecule has 0 spiro atoms. The van der Waals surface area contributed by atoms with Gasteiger partial charge in [-0.2, -0.15) is 0 Å². The van der Waals surface area contributed by atoms with Gasteiger partial charge in [0.1, 0.15) is 7.85 Å². The van der Waals surface area contributed by atoms with Crippen LogP contribution in [0.2, 0.25) is 6.32 Å². The van der Waals surface area contributed by atoms with Crippen LogP contribution in [0.1, 0.15) is 16.7 Å². The van der Waals surface area contributed by atoms with Gasteiger partial charge in [0.25, 0.3) is 0 Å². The zero-order valence-corrected chi connectivity index (χ0v) is 13.4. The molecule has 2 rings (SSSR count). The second kappa shape index (κ2) is 7.14. The van der Waals surface area contributed by atoms with Crippen LogP contribution in [0.25, 0.3) is 0 Å². The van der Waals surface area contributed by atoms with Crippen LogP contribution in [0.15, 0.2) is 30.5 Å². The van der Waals surface area contributed by atoms with E-state index in [1.54, 1.807) is 0 Å². The van der Waals surface area contributed by atoms with Gasteiger partial charge in [-0.1, -0.05) is 31.1 Å². The summed E-state index contributed by atoms with van der Waals surface area (Å²) in [5.41, 5.74) is 16.5. The Balaban J connectivity index is 1.81. The zero-order chi connectivity index (χ0) is 15.4. The van der Waals surface area contributed by atoms with Crippen LogP contribution in [0.4, 0.5) is 0 Å². The summed E-state index contributed by atoms with van der Waals surface area (Å²) in [6.07, 6.45) is 3.57. The van der Waals surface area contributed by atoms with E-state index in [0.29, 0.717) is 5.70 Å². The molecular weight excluding hydrogens is 257 g/mol. The quantitative estimate of drug-likeness (QED) is 0.731. The van der Waals surface area contributed by atoms with Crippen molar-refractivity contribution in [3.8, 4) is 0 Å². The van der Waals surface area contributed by atoms with Crippen molar-refractivity contribution in [3.05, 3.63) is 47.2 Å². The number of hydrogen-bond acceptors (Lipinski definition) is 3. The number of aryl methyl sites for hydroxylation is 2. The average molecular weight is 285 g/mol. The standard InChI is InChI=1S/C17H28BN3/c1-12-7-14(5-6-18)3-4-16(12)8-15-9-21(10-15)11-17(20)13(2)19/h3-4,7,15,17H,2,5-6,8-11,18-20H2,1H3. The lowest BCUT2D eigenvalue weighted by atomic mass is 9.88. The fraction of sp³-hybridized carbons (Fsp3) is 0.529. The van der Waals surface area contributed by atoms with Crippen molar-refractivity contribution in [1.29, 1.82) is 0 Å². The second-order valence-electron chi connectivity index (χ2n) is 6.48. The summed E-state index contributed by atoms with van der Waals surface area (Å²) in [5.74, 6) is 0.749. The van der Waals surface area contributed by atoms with Crippen LogP contribution in [-0.2, 0) is 12.8 Å². The number of likely N-dealkylation sites (tertiary alicyclic amines) is 1. The lowest BCUT2D eigenvalue weighted by Crippen LogP contribution is -2.52. The van der Waals surface area contributed by atoms with Crippen LogP contribution in [0, 0.1) is 12.8 Å². The van der Waals surface area contributed by atoms with Gasteiger partial charge in [-0.3, -0.25) is 0 Å². The van der Waals surface area contributed by atoms with Gasteiger partial charge in [0.2, 0.25) is 0 Å². The largest absolute Gasteiger partial charge is 0.401 e. The molecule has 0 amide bonds. The van der Waals surface area contributed by atoms with E-state index in [0.717, 1.165) is 25.6 Å². The Morgan fingerprint density at radius 2 is 2.19 bits per heavy atom. The van der Waals surface area contributed by atoms with E-state index in [1.807, 2.05) is 0 Å². The van der Waals surface area contributed by atoms with Crippen molar-refractivity contribution in [2.45, 2.75) is 32.1 Å². The molecule has 1 unspecified atom stereocenters. The topological polar surface area (TPSA) is 55.3 Å². The van der Waals surface area contributed by atoms with Gasteiger partial charge in [0.05, 0.1) is 6.04 Å². The molecule has 0 radical (unpaired) electrons. The van der Waals surface area contributed by atoms with E-state index in [-0.39, 0.29) is 6.04 Å². The monoisotopic (exact) mass is 285 g/mol. The number of rotatable bonds is 7. The Morgan fingerprint density at radius 1 is 1.48 bits per heavy atom. The lowest BCUT2D eigenvalue weighted by Gasteiger charge is -2.41. The molecule has 1 fully saturated rings. The molecule has 0 aliphatic carbocycles. The molecule has 4 N–H and O–H groups in total. The first kappa shape index (κ1) is 16.1. The number of nitrogens with two attached hydrogens (primary N) is 2. The summed E-state index contributed by atoms with van der Waals surface area (Å²) in [5, 5.41) is 0. The van der Waals surface area contributed by atoms with E-state index in [4.69, 9.17) is 11.5 Å². The molecule has 1 aliphatic rings. The highest BCUT2D eigenvalue weighted by atomic mass is 15.2. The maximum absolute atomic E-state index is 5.93. The number of benzene rings is 1. The maximum Gasteiger partial charge on any atom is 0.101 e. The molecule has 0 saturated carbocycles. The molecule has 3 nitrogen and oxygen atoms in total. The Morgan fingerprint density at radius 3 is 2.76 bits per heavy atom. The van der Waals surface area contributed by atoms with Gasteiger partial charge in [0.15, 0.2) is 0 Å². The van der Waals surface area contributed by atoms with Crippen LogP contribution in [-0.4, -0.2) is 38.4 Å². The van der Waals surface area contributed by atoms with Gasteiger partial charge >= 0.3 is 0 Å². The van der Waals surface area contributed by atoms with Gasteiger partial charge < -0.3 is 16.4 Å². The van der Waals surface area contributed by atoms with E-state index in [2.05, 4.69) is 44.4 Å². The fourth-order valence-corrected chi connectivity index (χ4v) is 3.09. The Hall–Kier alpha value is -1.26. The Bertz CT molecular complexity index is 495. The molecular formula is C17H28BN3. The highest BCUT2D eigenvalue weighted by Crippen LogP contribution is 2.23. The van der Waals surface area contributed by atoms with E-state index in [1.165, 1.54) is 35.9 Å². The number of nitrogens with zero attached hydrogens (tertiary/aromatic N) is 1. The minimum Gasteiger partial charge on any atom is -0.401 e. The minimum atomic E-state index is -0.0963. The summed E-state index contributed by atoms with van der Waals surface area (Å²) in [7, 11) is 2.23. The van der Waals surface area contributed by atoms with Crippen molar-refractivity contribution in [3.63, 3.8) is 0 Å². The van der Waals surface area contributed by atoms with Crippen molar-refractivity contribution < 1.29 is 0 Å². The summed E-state index contributed by atoms with van der Waals surface area (Å²) < 4.78 is 0. The van der Waals surface area contributed by atoms with E-state index < -0.39 is 0 Å². The molecule has 1 aliphatic heterocycles. The molecule has 1 heterocycles. The molecule has 114 valence electrons. The summed E-state index contributed by atoms with van der Waals surface area (Å²) in [6, 6.07) is 6.86. The van der Waals surface area contributed by atoms with Gasteiger partial charge in [0, 0.05) is 25.3 Å². The summed E-state index contributed by atoms with van der Waals surface area (Å²) in [4.78, 5) is 2.37. The fourth-order valence-electron chi connectivity index (χ4n) is 3.09. The third kappa shape index (κ3) is 4.35. The third-order valence-corrected chi connectivity index (χ3v) is 4.42. The first-order chi connectivity index (χ1) is 9.99. The third-order valence-electron chi connectivity index (χ3n) is 4.42. The van der Waals surface area contributed by atoms with Crippen molar-refractivity contribution in [2.75, 3.05) is 19.6 Å². The smallest absolute Gasteiger partial charge is 0.101 e. The first-order valence-corrected chi connectivity index (χ1v) is 8.00. The predicted octanol–water partition coefficient (Wildman–Crippen LogP) is 0.863. The van der Waals surface area contributed by atoms with Crippen molar-refractivity contribution in [2.24, 2.45) is 17.4 Å². The van der Waals surface area contributed by atoms with Gasteiger partial charge in [-0.15, -0.1) is 0 Å². The van der Waals surface area contributed by atoms with Crippen molar-refractivity contribution in [1.82, 2.24) is 4.90 Å². The average Bonchev–Trinajstić information content (AvgIpc) is 2.38. The molecule has 1 aromatic rings. The van der Waals surface area contributed by atoms with E-state index >= 15 is 0 Å². The Kier molecular flexibility index (Phi) is 5.48. The summed E-state index contributed by atoms with van der Waals surface area (Å²) in [6.45, 7) is 9.03. The Labute approximate surface area is 129 Å². The van der Waals surface area contributed by atoms with Crippen LogP contribution < -0.4 is 11.5 Å². The lowest BCUT2D eigenvalue weighted by molar-refractivity contribution is 0.0970. The van der Waals surface area contributed by atoms with Crippen LogP contribution in [0.3, 0.4) is 0 Å². The molecule has 21 heavy (non-hydrogen) atoms. The zero-order valence-electron chi connectivity index (χ0n) is 13.4. The molecule has 4 heteroatoms.